The number of phenols is 1. The molecule has 174 valence electrons. The Hall–Kier alpha value is -4.23. The number of phenolic OH excluding ortho intramolecular Hbond substituents is 1. The molecule has 3 heterocycles. The second kappa shape index (κ2) is 7.65. The summed E-state index contributed by atoms with van der Waals surface area (Å²) in [5.74, 6) is 0.133. The van der Waals surface area contributed by atoms with E-state index in [1.54, 1.807) is 37.4 Å². The first-order valence-corrected chi connectivity index (χ1v) is 11.5. The molecule has 0 saturated carbocycles. The predicted octanol–water partition coefficient (Wildman–Crippen LogP) is 4.57. The molecule has 1 aliphatic heterocycles. The fourth-order valence-electron chi connectivity index (χ4n) is 5.05. The van der Waals surface area contributed by atoms with Crippen molar-refractivity contribution in [1.82, 2.24) is 13.7 Å². The van der Waals surface area contributed by atoms with E-state index in [4.69, 9.17) is 11.6 Å². The Morgan fingerprint density at radius 3 is 2.40 bits per heavy atom. The van der Waals surface area contributed by atoms with E-state index in [9.17, 15) is 14.7 Å². The summed E-state index contributed by atoms with van der Waals surface area (Å²) < 4.78 is 4.71. The van der Waals surface area contributed by atoms with Gasteiger partial charge in [0.05, 0.1) is 39.7 Å². The van der Waals surface area contributed by atoms with E-state index in [1.165, 1.54) is 11.6 Å². The maximum atomic E-state index is 13.6. The fraction of sp³-hybridized carbons (Fsp3) is 0.111. The molecule has 7 nitrogen and oxygen atoms in total. The molecule has 35 heavy (non-hydrogen) atoms. The highest BCUT2D eigenvalue weighted by atomic mass is 35.5. The first-order chi connectivity index (χ1) is 16.9. The third-order valence-electron chi connectivity index (χ3n) is 6.65. The monoisotopic (exact) mass is 484 g/mol. The van der Waals surface area contributed by atoms with Crippen molar-refractivity contribution >= 4 is 28.2 Å². The van der Waals surface area contributed by atoms with Crippen LogP contribution in [0.15, 0.2) is 82.4 Å². The van der Waals surface area contributed by atoms with Gasteiger partial charge in [0.25, 0.3) is 5.56 Å². The molecule has 5 aromatic rings. The van der Waals surface area contributed by atoms with Crippen LogP contribution in [0.4, 0.5) is 5.69 Å². The van der Waals surface area contributed by atoms with Crippen LogP contribution < -0.4 is 16.6 Å². The molecule has 0 radical (unpaired) electrons. The van der Waals surface area contributed by atoms with Crippen molar-refractivity contribution in [2.24, 2.45) is 14.1 Å². The normalized spacial score (nSPS) is 14.4. The van der Waals surface area contributed by atoms with Crippen molar-refractivity contribution in [3.63, 3.8) is 0 Å². The van der Waals surface area contributed by atoms with Gasteiger partial charge in [0.15, 0.2) is 0 Å². The number of aryl methyl sites for hydroxylation is 1. The van der Waals surface area contributed by atoms with Crippen LogP contribution >= 0.6 is 11.6 Å². The standard InChI is InChI=1S/C27H21ClN4O3/c1-30-24-21(26(34)31(2)27(30)35)23(15-10-12-17(28)13-11-15)32-20-9-4-3-8-19(20)29-22(25(24)32)16-6-5-7-18(33)14-16/h3-14,22,29,33H,1-2H3/t22-/m0/s1. The topological polar surface area (TPSA) is 81.2 Å². The number of fused-ring (bicyclic) bond motifs is 5. The molecule has 0 saturated heterocycles. The minimum atomic E-state index is -0.432. The molecule has 6 rings (SSSR count). The largest absolute Gasteiger partial charge is 0.508 e. The van der Waals surface area contributed by atoms with Gasteiger partial charge < -0.3 is 15.0 Å². The van der Waals surface area contributed by atoms with Crippen molar-refractivity contribution in [2.45, 2.75) is 6.04 Å². The molecule has 0 amide bonds. The highest BCUT2D eigenvalue weighted by molar-refractivity contribution is 6.30. The molecule has 8 heteroatoms. The first kappa shape index (κ1) is 21.3. The molecular weight excluding hydrogens is 464 g/mol. The Morgan fingerprint density at radius 1 is 0.914 bits per heavy atom. The molecule has 0 fully saturated rings. The fourth-order valence-corrected chi connectivity index (χ4v) is 5.18. The maximum Gasteiger partial charge on any atom is 0.331 e. The van der Waals surface area contributed by atoms with E-state index in [0.29, 0.717) is 21.6 Å². The Balaban J connectivity index is 1.86. The van der Waals surface area contributed by atoms with E-state index < -0.39 is 11.7 Å². The van der Waals surface area contributed by atoms with Crippen molar-refractivity contribution in [2.75, 3.05) is 5.32 Å². The zero-order valence-corrected chi connectivity index (χ0v) is 19.7. The van der Waals surface area contributed by atoms with Crippen LogP contribution in [0.25, 0.3) is 27.8 Å². The van der Waals surface area contributed by atoms with Crippen LogP contribution in [0.1, 0.15) is 17.3 Å². The summed E-state index contributed by atoms with van der Waals surface area (Å²) in [5, 5.41) is 14.8. The van der Waals surface area contributed by atoms with E-state index >= 15 is 0 Å². The van der Waals surface area contributed by atoms with Gasteiger partial charge in [0.1, 0.15) is 5.75 Å². The number of aromatic nitrogens is 3. The summed E-state index contributed by atoms with van der Waals surface area (Å²) in [5.41, 5.74) is 4.50. The summed E-state index contributed by atoms with van der Waals surface area (Å²) in [6.07, 6.45) is 0. The van der Waals surface area contributed by atoms with E-state index in [0.717, 1.165) is 32.8 Å². The van der Waals surface area contributed by atoms with Crippen molar-refractivity contribution in [3.05, 3.63) is 110 Å². The van der Waals surface area contributed by atoms with Gasteiger partial charge in [-0.05, 0) is 47.5 Å². The summed E-state index contributed by atoms with van der Waals surface area (Å²) >= 11 is 6.18. The lowest BCUT2D eigenvalue weighted by atomic mass is 9.99. The number of nitrogens with zero attached hydrogens (tertiary/aromatic N) is 3. The lowest BCUT2D eigenvalue weighted by molar-refractivity contribution is 0.474. The Labute approximate surface area is 205 Å². The second-order valence-corrected chi connectivity index (χ2v) is 9.13. The number of halogens is 1. The number of para-hydroxylation sites is 2. The van der Waals surface area contributed by atoms with Crippen molar-refractivity contribution in [1.29, 1.82) is 0 Å². The number of anilines is 1. The quantitative estimate of drug-likeness (QED) is 0.384. The first-order valence-electron chi connectivity index (χ1n) is 11.1. The minimum Gasteiger partial charge on any atom is -0.508 e. The number of hydrogen-bond donors (Lipinski definition) is 2. The smallest absolute Gasteiger partial charge is 0.331 e. The highest BCUT2D eigenvalue weighted by Gasteiger charge is 2.34. The molecule has 0 spiro atoms. The molecule has 2 N–H and O–H groups in total. The molecular formula is C27H21ClN4O3. The summed E-state index contributed by atoms with van der Waals surface area (Å²) in [7, 11) is 3.17. The number of hydrogen-bond acceptors (Lipinski definition) is 4. The van der Waals surface area contributed by atoms with Crippen LogP contribution in [-0.4, -0.2) is 18.8 Å². The number of benzene rings is 3. The maximum absolute atomic E-state index is 13.6. The molecule has 0 aliphatic carbocycles. The Morgan fingerprint density at radius 2 is 1.66 bits per heavy atom. The van der Waals surface area contributed by atoms with Crippen molar-refractivity contribution < 1.29 is 5.11 Å². The molecule has 0 unspecified atom stereocenters. The Kier molecular flexibility index (Phi) is 4.66. The predicted molar refractivity (Wildman–Crippen MR) is 138 cm³/mol. The third-order valence-corrected chi connectivity index (χ3v) is 6.90. The van der Waals surface area contributed by atoms with Crippen LogP contribution in [0, 0.1) is 0 Å². The summed E-state index contributed by atoms with van der Waals surface area (Å²) in [6, 6.07) is 21.7. The van der Waals surface area contributed by atoms with E-state index in [1.807, 2.05) is 42.5 Å². The van der Waals surface area contributed by atoms with Crippen LogP contribution in [0.2, 0.25) is 5.02 Å². The summed E-state index contributed by atoms with van der Waals surface area (Å²) in [6.45, 7) is 0. The highest BCUT2D eigenvalue weighted by Crippen LogP contribution is 2.45. The van der Waals surface area contributed by atoms with Gasteiger partial charge in [-0.25, -0.2) is 4.79 Å². The summed E-state index contributed by atoms with van der Waals surface area (Å²) in [4.78, 5) is 26.7. The van der Waals surface area contributed by atoms with Gasteiger partial charge in [-0.3, -0.25) is 13.9 Å². The van der Waals surface area contributed by atoms with Gasteiger partial charge in [-0.2, -0.15) is 0 Å². The zero-order valence-electron chi connectivity index (χ0n) is 19.0. The van der Waals surface area contributed by atoms with Crippen molar-refractivity contribution in [3.8, 4) is 22.7 Å². The number of rotatable bonds is 2. The van der Waals surface area contributed by atoms with Gasteiger partial charge in [0, 0.05) is 19.1 Å². The number of aromatic hydroxyl groups is 1. The third kappa shape index (κ3) is 3.05. The average Bonchev–Trinajstić information content (AvgIpc) is 3.23. The van der Waals surface area contributed by atoms with Crippen LogP contribution in [-0.2, 0) is 14.1 Å². The van der Waals surface area contributed by atoms with Crippen LogP contribution in [0.5, 0.6) is 5.75 Å². The number of nitrogens with one attached hydrogen (secondary N) is 1. The van der Waals surface area contributed by atoms with E-state index in [-0.39, 0.29) is 11.3 Å². The van der Waals surface area contributed by atoms with Gasteiger partial charge in [-0.15, -0.1) is 0 Å². The van der Waals surface area contributed by atoms with E-state index in [2.05, 4.69) is 9.88 Å². The SMILES string of the molecule is Cn1c(=O)c2c(-c3ccc(Cl)cc3)n3c(c2n(C)c1=O)[C@H](c1cccc(O)c1)Nc1ccccc1-3. The average molecular weight is 485 g/mol. The second-order valence-electron chi connectivity index (χ2n) is 8.70. The lowest BCUT2D eigenvalue weighted by Crippen LogP contribution is -2.37. The molecule has 3 aromatic carbocycles. The molecule has 1 atom stereocenters. The van der Waals surface area contributed by atoms with Gasteiger partial charge in [0.2, 0.25) is 0 Å². The van der Waals surface area contributed by atoms with Gasteiger partial charge in [-0.1, -0.05) is 48.0 Å². The van der Waals surface area contributed by atoms with Crippen LogP contribution in [0.3, 0.4) is 0 Å². The van der Waals surface area contributed by atoms with Gasteiger partial charge >= 0.3 is 5.69 Å². The Bertz CT molecular complexity index is 1760. The minimum absolute atomic E-state index is 0.133. The zero-order chi connectivity index (χ0) is 24.4. The molecule has 1 aliphatic rings. The lowest BCUT2D eigenvalue weighted by Gasteiger charge is -2.31. The molecule has 0 bridgehead atoms. The molecule has 2 aromatic heterocycles.